The number of nitrogens with one attached hydrogen (secondary N) is 1. The van der Waals surface area contributed by atoms with Gasteiger partial charge < -0.3 is 5.32 Å². The molecule has 1 aromatic carbocycles. The highest BCUT2D eigenvalue weighted by atomic mass is 35.5. The lowest BCUT2D eigenvalue weighted by Gasteiger charge is -2.26. The summed E-state index contributed by atoms with van der Waals surface area (Å²) in [4.78, 5) is 18.2. The molecule has 1 unspecified atom stereocenters. The summed E-state index contributed by atoms with van der Waals surface area (Å²) in [7, 11) is 0. The molecule has 1 atom stereocenters. The predicted molar refractivity (Wildman–Crippen MR) is 79.4 cm³/mol. The quantitative estimate of drug-likeness (QED) is 0.533. The number of fused-ring (bicyclic) bond motifs is 1. The standard InChI is InChI=1S/C14H13ClN4O2/c15-13-12(19(20)21)14(17-8-16-13)18-11-7-3-5-9-4-1-2-6-10(9)11/h1-2,4,6,8,11H,3,5,7H2,(H,16,17,18). The third-order valence-electron chi connectivity index (χ3n) is 3.64. The van der Waals surface area contributed by atoms with Crippen molar-refractivity contribution in [2.24, 2.45) is 0 Å². The van der Waals surface area contributed by atoms with Crippen molar-refractivity contribution in [1.82, 2.24) is 9.97 Å². The molecule has 7 heteroatoms. The van der Waals surface area contributed by atoms with Gasteiger partial charge in [-0.1, -0.05) is 35.9 Å². The number of nitro groups is 1. The van der Waals surface area contributed by atoms with Crippen LogP contribution in [-0.2, 0) is 6.42 Å². The van der Waals surface area contributed by atoms with Crippen LogP contribution in [0.25, 0.3) is 0 Å². The average molecular weight is 305 g/mol. The second-order valence-corrected chi connectivity index (χ2v) is 5.26. The summed E-state index contributed by atoms with van der Waals surface area (Å²) in [6.07, 6.45) is 4.18. The fourth-order valence-corrected chi connectivity index (χ4v) is 2.90. The van der Waals surface area contributed by atoms with Gasteiger partial charge >= 0.3 is 5.69 Å². The summed E-state index contributed by atoms with van der Waals surface area (Å²) in [5.74, 6) is 0.168. The molecule has 0 spiro atoms. The SMILES string of the molecule is O=[N+]([O-])c1c(Cl)ncnc1NC1CCCc2ccccc21. The minimum atomic E-state index is -0.556. The first-order chi connectivity index (χ1) is 10.2. The van der Waals surface area contributed by atoms with Crippen molar-refractivity contribution in [2.45, 2.75) is 25.3 Å². The highest BCUT2D eigenvalue weighted by Crippen LogP contribution is 2.35. The zero-order chi connectivity index (χ0) is 14.8. The van der Waals surface area contributed by atoms with Crippen LogP contribution in [0.15, 0.2) is 30.6 Å². The molecule has 0 amide bonds. The molecule has 1 aliphatic rings. The van der Waals surface area contributed by atoms with Gasteiger partial charge in [0.25, 0.3) is 0 Å². The van der Waals surface area contributed by atoms with E-state index in [1.807, 2.05) is 18.2 Å². The number of hydrogen-bond donors (Lipinski definition) is 1. The van der Waals surface area contributed by atoms with Crippen LogP contribution in [-0.4, -0.2) is 14.9 Å². The molecular weight excluding hydrogens is 292 g/mol. The highest BCUT2D eigenvalue weighted by Gasteiger charge is 2.26. The molecule has 21 heavy (non-hydrogen) atoms. The van der Waals surface area contributed by atoms with E-state index in [9.17, 15) is 10.1 Å². The molecule has 6 nitrogen and oxygen atoms in total. The Morgan fingerprint density at radius 2 is 2.14 bits per heavy atom. The van der Waals surface area contributed by atoms with Gasteiger partial charge in [-0.15, -0.1) is 0 Å². The van der Waals surface area contributed by atoms with E-state index in [0.29, 0.717) is 0 Å². The van der Waals surface area contributed by atoms with Gasteiger partial charge in [0.1, 0.15) is 6.33 Å². The molecule has 1 heterocycles. The first-order valence-electron chi connectivity index (χ1n) is 6.66. The first-order valence-corrected chi connectivity index (χ1v) is 7.04. The van der Waals surface area contributed by atoms with Gasteiger partial charge in [-0.05, 0) is 30.4 Å². The van der Waals surface area contributed by atoms with Crippen molar-refractivity contribution < 1.29 is 4.92 Å². The fourth-order valence-electron chi connectivity index (χ4n) is 2.69. The zero-order valence-electron chi connectivity index (χ0n) is 11.1. The number of hydrogen-bond acceptors (Lipinski definition) is 5. The predicted octanol–water partition coefficient (Wildman–Crippen LogP) is 3.53. The Kier molecular flexibility index (Phi) is 3.70. The van der Waals surface area contributed by atoms with Crippen molar-refractivity contribution in [3.05, 3.63) is 57.0 Å². The van der Waals surface area contributed by atoms with Crippen molar-refractivity contribution >= 4 is 23.1 Å². The third kappa shape index (κ3) is 2.67. The molecule has 1 N–H and O–H groups in total. The maximum absolute atomic E-state index is 11.1. The van der Waals surface area contributed by atoms with Gasteiger partial charge in [-0.3, -0.25) is 10.1 Å². The largest absolute Gasteiger partial charge is 0.357 e. The van der Waals surface area contributed by atoms with Crippen LogP contribution in [0.5, 0.6) is 0 Å². The number of aryl methyl sites for hydroxylation is 1. The topological polar surface area (TPSA) is 81.0 Å². The number of rotatable bonds is 3. The first kappa shape index (κ1) is 13.8. The summed E-state index contributed by atoms with van der Waals surface area (Å²) in [5, 5.41) is 14.1. The van der Waals surface area contributed by atoms with E-state index in [1.54, 1.807) is 0 Å². The van der Waals surface area contributed by atoms with Crippen molar-refractivity contribution in [3.63, 3.8) is 0 Å². The van der Waals surface area contributed by atoms with Gasteiger partial charge in [-0.25, -0.2) is 9.97 Å². The average Bonchev–Trinajstić information content (AvgIpc) is 2.47. The fraction of sp³-hybridized carbons (Fsp3) is 0.286. The van der Waals surface area contributed by atoms with E-state index < -0.39 is 4.92 Å². The molecule has 0 fully saturated rings. The van der Waals surface area contributed by atoms with Crippen LogP contribution < -0.4 is 5.32 Å². The molecule has 0 radical (unpaired) electrons. The molecule has 0 saturated heterocycles. The van der Waals surface area contributed by atoms with Crippen molar-refractivity contribution in [2.75, 3.05) is 5.32 Å². The molecule has 108 valence electrons. The van der Waals surface area contributed by atoms with Crippen molar-refractivity contribution in [1.29, 1.82) is 0 Å². The Morgan fingerprint density at radius 1 is 1.33 bits per heavy atom. The van der Waals surface area contributed by atoms with Crippen LogP contribution in [0, 0.1) is 10.1 Å². The summed E-state index contributed by atoms with van der Waals surface area (Å²) in [5.41, 5.74) is 2.15. The van der Waals surface area contributed by atoms with Gasteiger partial charge in [-0.2, -0.15) is 0 Å². The maximum Gasteiger partial charge on any atom is 0.348 e. The van der Waals surface area contributed by atoms with Gasteiger partial charge in [0.2, 0.25) is 11.0 Å². The molecule has 1 aliphatic carbocycles. The molecule has 0 bridgehead atoms. The molecule has 0 saturated carbocycles. The number of aromatic nitrogens is 2. The lowest BCUT2D eigenvalue weighted by atomic mass is 9.88. The van der Waals surface area contributed by atoms with Crippen LogP contribution in [0.4, 0.5) is 11.5 Å². The smallest absolute Gasteiger partial charge is 0.348 e. The minimum Gasteiger partial charge on any atom is -0.357 e. The Labute approximate surface area is 126 Å². The Hall–Kier alpha value is -2.21. The van der Waals surface area contributed by atoms with Crippen LogP contribution in [0.3, 0.4) is 0 Å². The zero-order valence-corrected chi connectivity index (χ0v) is 11.9. The summed E-state index contributed by atoms with van der Waals surface area (Å²) in [6.45, 7) is 0. The number of anilines is 1. The van der Waals surface area contributed by atoms with E-state index in [0.717, 1.165) is 24.8 Å². The Bertz CT molecular complexity index is 692. The van der Waals surface area contributed by atoms with E-state index in [-0.39, 0.29) is 22.7 Å². The van der Waals surface area contributed by atoms with E-state index in [4.69, 9.17) is 11.6 Å². The second-order valence-electron chi connectivity index (χ2n) is 4.91. The van der Waals surface area contributed by atoms with Crippen LogP contribution in [0.1, 0.15) is 30.0 Å². The molecular formula is C14H13ClN4O2. The van der Waals surface area contributed by atoms with E-state index in [2.05, 4.69) is 21.4 Å². The number of halogens is 1. The molecule has 0 aliphatic heterocycles. The van der Waals surface area contributed by atoms with Crippen LogP contribution in [0.2, 0.25) is 5.15 Å². The number of benzene rings is 1. The summed E-state index contributed by atoms with van der Waals surface area (Å²) < 4.78 is 0. The normalized spacial score (nSPS) is 17.1. The van der Waals surface area contributed by atoms with Crippen molar-refractivity contribution in [3.8, 4) is 0 Å². The van der Waals surface area contributed by atoms with E-state index >= 15 is 0 Å². The monoisotopic (exact) mass is 304 g/mol. The highest BCUT2D eigenvalue weighted by molar-refractivity contribution is 6.31. The second kappa shape index (κ2) is 5.65. The third-order valence-corrected chi connectivity index (χ3v) is 3.92. The van der Waals surface area contributed by atoms with E-state index in [1.165, 1.54) is 11.9 Å². The van der Waals surface area contributed by atoms with Gasteiger partial charge in [0.05, 0.1) is 11.0 Å². The molecule has 2 aromatic rings. The minimum absolute atomic E-state index is 0.000355. The summed E-state index contributed by atoms with van der Waals surface area (Å²) in [6, 6.07) is 8.11. The molecule has 3 rings (SSSR count). The lowest BCUT2D eigenvalue weighted by molar-refractivity contribution is -0.384. The lowest BCUT2D eigenvalue weighted by Crippen LogP contribution is -2.18. The van der Waals surface area contributed by atoms with Gasteiger partial charge in [0.15, 0.2) is 0 Å². The van der Waals surface area contributed by atoms with Crippen LogP contribution >= 0.6 is 11.6 Å². The Balaban J connectivity index is 1.96. The van der Waals surface area contributed by atoms with Gasteiger partial charge in [0, 0.05) is 0 Å². The summed E-state index contributed by atoms with van der Waals surface area (Å²) >= 11 is 5.81. The Morgan fingerprint density at radius 3 is 2.95 bits per heavy atom. The number of nitrogens with zero attached hydrogens (tertiary/aromatic N) is 3. The maximum atomic E-state index is 11.1. The molecule has 1 aromatic heterocycles.